The Morgan fingerprint density at radius 1 is 1.11 bits per heavy atom. The van der Waals surface area contributed by atoms with E-state index in [2.05, 4.69) is 5.32 Å². The SMILES string of the molecule is CC(C)(C)OC(=O)N[C@@](C)(CCCC(=O)O)C(=O)O. The summed E-state index contributed by atoms with van der Waals surface area (Å²) in [5.74, 6) is -2.24. The molecule has 0 saturated carbocycles. The average Bonchev–Trinajstić information content (AvgIpc) is 2.12. The summed E-state index contributed by atoms with van der Waals surface area (Å²) in [6, 6.07) is 0. The Bertz CT molecular complexity index is 360. The largest absolute Gasteiger partial charge is 0.481 e. The van der Waals surface area contributed by atoms with Gasteiger partial charge >= 0.3 is 18.0 Å². The molecule has 110 valence electrons. The van der Waals surface area contributed by atoms with Crippen LogP contribution >= 0.6 is 0 Å². The molecule has 19 heavy (non-hydrogen) atoms. The first-order valence-electron chi connectivity index (χ1n) is 5.92. The molecular formula is C12H21NO6. The van der Waals surface area contributed by atoms with Crippen LogP contribution in [0, 0.1) is 0 Å². The first kappa shape index (κ1) is 17.2. The van der Waals surface area contributed by atoms with E-state index in [1.165, 1.54) is 6.92 Å². The maximum absolute atomic E-state index is 11.6. The number of hydrogen-bond acceptors (Lipinski definition) is 4. The van der Waals surface area contributed by atoms with E-state index in [1.807, 2.05) is 0 Å². The highest BCUT2D eigenvalue weighted by Gasteiger charge is 2.36. The fourth-order valence-electron chi connectivity index (χ4n) is 1.34. The zero-order valence-corrected chi connectivity index (χ0v) is 11.6. The third kappa shape index (κ3) is 7.28. The summed E-state index contributed by atoms with van der Waals surface area (Å²) in [5.41, 5.74) is -2.28. The van der Waals surface area contributed by atoms with E-state index in [0.717, 1.165) is 0 Å². The van der Waals surface area contributed by atoms with Crippen LogP contribution in [0.3, 0.4) is 0 Å². The highest BCUT2D eigenvalue weighted by molar-refractivity contribution is 5.84. The van der Waals surface area contributed by atoms with Crippen molar-refractivity contribution in [2.75, 3.05) is 0 Å². The lowest BCUT2D eigenvalue weighted by atomic mass is 9.95. The van der Waals surface area contributed by atoms with E-state index in [9.17, 15) is 14.4 Å². The quantitative estimate of drug-likeness (QED) is 0.678. The normalized spacial score (nSPS) is 14.3. The zero-order valence-electron chi connectivity index (χ0n) is 11.6. The first-order valence-corrected chi connectivity index (χ1v) is 5.92. The smallest absolute Gasteiger partial charge is 0.408 e. The first-order chi connectivity index (χ1) is 8.46. The molecule has 3 N–H and O–H groups in total. The van der Waals surface area contributed by atoms with Crippen molar-refractivity contribution in [2.45, 2.75) is 58.1 Å². The van der Waals surface area contributed by atoms with Crippen LogP contribution in [0.15, 0.2) is 0 Å². The van der Waals surface area contributed by atoms with Crippen molar-refractivity contribution < 1.29 is 29.3 Å². The molecule has 0 aliphatic carbocycles. The second-order valence-corrected chi connectivity index (χ2v) is 5.51. The molecule has 0 aromatic carbocycles. The van der Waals surface area contributed by atoms with Crippen LogP contribution in [0.2, 0.25) is 0 Å². The Hall–Kier alpha value is -1.79. The highest BCUT2D eigenvalue weighted by atomic mass is 16.6. The molecule has 0 aliphatic rings. The van der Waals surface area contributed by atoms with Crippen molar-refractivity contribution in [2.24, 2.45) is 0 Å². The number of carbonyl (C=O) groups is 3. The van der Waals surface area contributed by atoms with Gasteiger partial charge in [-0.15, -0.1) is 0 Å². The third-order valence-corrected chi connectivity index (χ3v) is 2.32. The molecule has 0 aromatic rings. The molecule has 0 rings (SSSR count). The van der Waals surface area contributed by atoms with E-state index in [-0.39, 0.29) is 19.3 Å². The summed E-state index contributed by atoms with van der Waals surface area (Å²) >= 11 is 0. The number of rotatable bonds is 6. The number of carboxylic acid groups (broad SMARTS) is 2. The van der Waals surface area contributed by atoms with Crippen LogP contribution in [0.5, 0.6) is 0 Å². The van der Waals surface area contributed by atoms with Crippen LogP contribution in [-0.2, 0) is 14.3 Å². The number of carbonyl (C=O) groups excluding carboxylic acids is 1. The number of amides is 1. The molecule has 0 heterocycles. The number of aliphatic carboxylic acids is 2. The van der Waals surface area contributed by atoms with Gasteiger partial charge in [-0.05, 0) is 40.5 Å². The van der Waals surface area contributed by atoms with Gasteiger partial charge in [0.2, 0.25) is 0 Å². The molecule has 1 amide bonds. The average molecular weight is 275 g/mol. The number of hydrogen-bond donors (Lipinski definition) is 3. The lowest BCUT2D eigenvalue weighted by Gasteiger charge is -2.28. The lowest BCUT2D eigenvalue weighted by molar-refractivity contribution is -0.145. The summed E-state index contributed by atoms with van der Waals surface area (Å²) in [6.07, 6.45) is -0.839. The Kier molecular flexibility index (Phi) is 5.80. The maximum atomic E-state index is 11.6. The van der Waals surface area contributed by atoms with Gasteiger partial charge in [-0.1, -0.05) is 0 Å². The van der Waals surface area contributed by atoms with Crippen molar-refractivity contribution in [1.29, 1.82) is 0 Å². The second kappa shape index (κ2) is 6.40. The van der Waals surface area contributed by atoms with Gasteiger partial charge in [0, 0.05) is 6.42 Å². The minimum atomic E-state index is -1.54. The number of alkyl carbamates (subject to hydrolysis) is 1. The Labute approximate surface area is 111 Å². The lowest BCUT2D eigenvalue weighted by Crippen LogP contribution is -2.53. The third-order valence-electron chi connectivity index (χ3n) is 2.32. The fraction of sp³-hybridized carbons (Fsp3) is 0.750. The number of ether oxygens (including phenoxy) is 1. The standard InChI is InChI=1S/C12H21NO6/c1-11(2,3)19-10(18)13-12(4,9(16)17)7-5-6-8(14)15/h5-7H2,1-4H3,(H,13,18)(H,14,15)(H,16,17)/t12-/m0/s1. The zero-order chi connectivity index (χ0) is 15.3. The second-order valence-electron chi connectivity index (χ2n) is 5.51. The van der Waals surface area contributed by atoms with Crippen LogP contribution in [0.25, 0.3) is 0 Å². The molecular weight excluding hydrogens is 254 g/mol. The maximum Gasteiger partial charge on any atom is 0.408 e. The van der Waals surface area contributed by atoms with Crippen molar-refractivity contribution in [3.05, 3.63) is 0 Å². The molecule has 1 atom stereocenters. The van der Waals surface area contributed by atoms with Gasteiger partial charge in [0.05, 0.1) is 0 Å². The van der Waals surface area contributed by atoms with Gasteiger partial charge in [0.1, 0.15) is 11.1 Å². The topological polar surface area (TPSA) is 113 Å². The van der Waals surface area contributed by atoms with Crippen LogP contribution in [0.1, 0.15) is 47.0 Å². The number of nitrogens with one attached hydrogen (secondary N) is 1. The molecule has 7 nitrogen and oxygen atoms in total. The van der Waals surface area contributed by atoms with Crippen molar-refractivity contribution in [3.8, 4) is 0 Å². The van der Waals surface area contributed by atoms with Crippen molar-refractivity contribution in [1.82, 2.24) is 5.32 Å². The number of carboxylic acids is 2. The molecule has 0 fully saturated rings. The molecule has 0 spiro atoms. The van der Waals surface area contributed by atoms with Gasteiger partial charge in [-0.2, -0.15) is 0 Å². The summed E-state index contributed by atoms with van der Waals surface area (Å²) in [7, 11) is 0. The monoisotopic (exact) mass is 275 g/mol. The summed E-state index contributed by atoms with van der Waals surface area (Å²) in [6.45, 7) is 6.31. The van der Waals surface area contributed by atoms with Gasteiger partial charge in [0.25, 0.3) is 0 Å². The van der Waals surface area contributed by atoms with Gasteiger partial charge < -0.3 is 20.3 Å². The van der Waals surface area contributed by atoms with Crippen molar-refractivity contribution >= 4 is 18.0 Å². The van der Waals surface area contributed by atoms with Gasteiger partial charge in [-0.25, -0.2) is 9.59 Å². The minimum absolute atomic E-state index is 0.00781. The summed E-state index contributed by atoms with van der Waals surface area (Å²) in [5, 5.41) is 19.9. The van der Waals surface area contributed by atoms with Gasteiger partial charge in [-0.3, -0.25) is 4.79 Å². The van der Waals surface area contributed by atoms with Crippen LogP contribution in [-0.4, -0.2) is 39.4 Å². The van der Waals surface area contributed by atoms with Gasteiger partial charge in [0.15, 0.2) is 0 Å². The predicted octanol–water partition coefficient (Wildman–Crippen LogP) is 1.61. The van der Waals surface area contributed by atoms with E-state index in [4.69, 9.17) is 14.9 Å². The molecule has 0 aromatic heterocycles. The van der Waals surface area contributed by atoms with E-state index in [0.29, 0.717) is 0 Å². The highest BCUT2D eigenvalue weighted by Crippen LogP contribution is 2.16. The predicted molar refractivity (Wildman–Crippen MR) is 66.9 cm³/mol. The van der Waals surface area contributed by atoms with Crippen LogP contribution < -0.4 is 5.32 Å². The van der Waals surface area contributed by atoms with Crippen LogP contribution in [0.4, 0.5) is 4.79 Å². The Morgan fingerprint density at radius 3 is 2.00 bits per heavy atom. The van der Waals surface area contributed by atoms with E-state index in [1.54, 1.807) is 20.8 Å². The molecule has 0 unspecified atom stereocenters. The molecule has 0 aliphatic heterocycles. The molecule has 7 heteroatoms. The Morgan fingerprint density at radius 2 is 1.63 bits per heavy atom. The molecule has 0 saturated heterocycles. The van der Waals surface area contributed by atoms with Crippen molar-refractivity contribution in [3.63, 3.8) is 0 Å². The Balaban J connectivity index is 4.58. The van der Waals surface area contributed by atoms with E-state index >= 15 is 0 Å². The summed E-state index contributed by atoms with van der Waals surface area (Å²) in [4.78, 5) is 33.1. The van der Waals surface area contributed by atoms with E-state index < -0.39 is 29.2 Å². The minimum Gasteiger partial charge on any atom is -0.481 e. The molecule has 0 bridgehead atoms. The molecule has 0 radical (unpaired) electrons. The fourth-order valence-corrected chi connectivity index (χ4v) is 1.34. The summed E-state index contributed by atoms with van der Waals surface area (Å²) < 4.78 is 4.98.